The second-order valence-electron chi connectivity index (χ2n) is 9.85. The molecule has 3 nitrogen and oxygen atoms in total. The molecule has 3 heteroatoms. The number of rotatable bonds is 2. The molecule has 1 aliphatic heterocycles. The van der Waals surface area contributed by atoms with Crippen LogP contribution >= 0.6 is 0 Å². The van der Waals surface area contributed by atoms with E-state index in [1.165, 1.54) is 5.56 Å². The molecule has 0 radical (unpaired) electrons. The first-order valence-corrected chi connectivity index (χ1v) is 11.9. The van der Waals surface area contributed by atoms with Crippen LogP contribution in [0.5, 0.6) is 0 Å². The van der Waals surface area contributed by atoms with Crippen molar-refractivity contribution in [3.8, 4) is 0 Å². The van der Waals surface area contributed by atoms with Gasteiger partial charge in [0.05, 0.1) is 16.9 Å². The largest absolute Gasteiger partial charge is 0.310 e. The van der Waals surface area contributed by atoms with E-state index in [0.29, 0.717) is 11.1 Å². The van der Waals surface area contributed by atoms with Gasteiger partial charge < -0.3 is 4.90 Å². The number of carbonyl (C=O) groups excluding carboxylic acids is 2. The molecule has 4 aromatic carbocycles. The fourth-order valence-electron chi connectivity index (χ4n) is 5.40. The Morgan fingerprint density at radius 1 is 0.686 bits per heavy atom. The monoisotopic (exact) mass is 455 g/mol. The number of para-hydroxylation sites is 2. The predicted octanol–water partition coefficient (Wildman–Crippen LogP) is 7.57. The lowest BCUT2D eigenvalue weighted by Gasteiger charge is -2.42. The zero-order chi connectivity index (χ0) is 24.3. The lowest BCUT2D eigenvalue weighted by Crippen LogP contribution is -2.30. The Morgan fingerprint density at radius 3 is 2.17 bits per heavy atom. The number of hydrogen-bond acceptors (Lipinski definition) is 3. The van der Waals surface area contributed by atoms with Crippen LogP contribution in [0.2, 0.25) is 0 Å². The topological polar surface area (TPSA) is 37.4 Å². The number of benzene rings is 4. The van der Waals surface area contributed by atoms with Crippen LogP contribution in [0.15, 0.2) is 96.6 Å². The van der Waals surface area contributed by atoms with Crippen LogP contribution in [0.3, 0.4) is 0 Å². The highest BCUT2D eigenvalue weighted by atomic mass is 16.2. The van der Waals surface area contributed by atoms with Crippen LogP contribution in [0.1, 0.15) is 56.8 Å². The maximum Gasteiger partial charge on any atom is 0.197 e. The van der Waals surface area contributed by atoms with Crippen molar-refractivity contribution in [2.24, 2.45) is 0 Å². The molecule has 0 saturated heterocycles. The van der Waals surface area contributed by atoms with Gasteiger partial charge in [0.1, 0.15) is 0 Å². The lowest BCUT2D eigenvalue weighted by atomic mass is 9.73. The molecule has 1 aliphatic carbocycles. The molecule has 170 valence electrons. The SMILES string of the molecule is Cc1ccc2c(c1)C(=O)/C(=C\c1ccc3c(c1)C(C)(C)c1ccccc1N3c1ccccc1)C2=O. The summed E-state index contributed by atoms with van der Waals surface area (Å²) in [6, 6.07) is 30.5. The molecule has 0 unspecified atom stereocenters. The summed E-state index contributed by atoms with van der Waals surface area (Å²) in [5.41, 5.74) is 8.55. The zero-order valence-electron chi connectivity index (χ0n) is 20.0. The van der Waals surface area contributed by atoms with Gasteiger partial charge in [0.2, 0.25) is 0 Å². The van der Waals surface area contributed by atoms with E-state index in [0.717, 1.165) is 33.8 Å². The molecule has 6 rings (SSSR count). The molecule has 0 aromatic heterocycles. The molecule has 0 saturated carbocycles. The van der Waals surface area contributed by atoms with Gasteiger partial charge in [0, 0.05) is 22.2 Å². The molecule has 1 heterocycles. The van der Waals surface area contributed by atoms with Gasteiger partial charge in [-0.15, -0.1) is 0 Å². The number of Topliss-reactive ketones (excluding diaryl/α,β-unsaturated/α-hetero) is 2. The minimum Gasteiger partial charge on any atom is -0.310 e. The van der Waals surface area contributed by atoms with Crippen molar-refractivity contribution in [1.29, 1.82) is 0 Å². The highest BCUT2D eigenvalue weighted by Crippen LogP contribution is 2.52. The smallest absolute Gasteiger partial charge is 0.197 e. The van der Waals surface area contributed by atoms with Crippen molar-refractivity contribution in [2.75, 3.05) is 4.90 Å². The van der Waals surface area contributed by atoms with Crippen LogP contribution < -0.4 is 4.90 Å². The summed E-state index contributed by atoms with van der Waals surface area (Å²) in [4.78, 5) is 28.4. The van der Waals surface area contributed by atoms with Crippen LogP contribution in [0.4, 0.5) is 17.1 Å². The Balaban J connectivity index is 1.51. The number of nitrogens with zero attached hydrogens (tertiary/aromatic N) is 1. The Labute approximate surface area is 205 Å². The fraction of sp³-hybridized carbons (Fsp3) is 0.125. The number of aryl methyl sites for hydroxylation is 1. The molecule has 0 spiro atoms. The van der Waals surface area contributed by atoms with E-state index < -0.39 is 0 Å². The number of carbonyl (C=O) groups is 2. The molecule has 0 N–H and O–H groups in total. The maximum atomic E-state index is 13.1. The van der Waals surface area contributed by atoms with Crippen LogP contribution in [-0.2, 0) is 5.41 Å². The first kappa shape index (κ1) is 21.3. The van der Waals surface area contributed by atoms with Gasteiger partial charge >= 0.3 is 0 Å². The first-order valence-electron chi connectivity index (χ1n) is 11.9. The molecule has 0 fully saturated rings. The van der Waals surface area contributed by atoms with E-state index in [2.05, 4.69) is 67.3 Å². The summed E-state index contributed by atoms with van der Waals surface area (Å²) in [7, 11) is 0. The van der Waals surface area contributed by atoms with Crippen molar-refractivity contribution in [3.05, 3.63) is 130 Å². The van der Waals surface area contributed by atoms with E-state index in [1.54, 1.807) is 18.2 Å². The van der Waals surface area contributed by atoms with Crippen LogP contribution in [0, 0.1) is 6.92 Å². The summed E-state index contributed by atoms with van der Waals surface area (Å²) in [5.74, 6) is -0.389. The number of hydrogen-bond donors (Lipinski definition) is 0. The van der Waals surface area contributed by atoms with Gasteiger partial charge in [-0.05, 0) is 66.1 Å². The Hall–Kier alpha value is -4.24. The van der Waals surface area contributed by atoms with Crippen LogP contribution in [-0.4, -0.2) is 11.6 Å². The average molecular weight is 456 g/mol. The normalized spacial score (nSPS) is 16.8. The number of fused-ring (bicyclic) bond motifs is 3. The number of allylic oxidation sites excluding steroid dienone is 1. The lowest BCUT2D eigenvalue weighted by molar-refractivity contribution is 0.0990. The van der Waals surface area contributed by atoms with E-state index in [4.69, 9.17) is 0 Å². The quantitative estimate of drug-likeness (QED) is 0.231. The summed E-state index contributed by atoms with van der Waals surface area (Å²) in [5, 5.41) is 0. The van der Waals surface area contributed by atoms with Crippen molar-refractivity contribution in [2.45, 2.75) is 26.2 Å². The molecule has 35 heavy (non-hydrogen) atoms. The second-order valence-corrected chi connectivity index (χ2v) is 9.85. The van der Waals surface area contributed by atoms with Crippen molar-refractivity contribution in [1.82, 2.24) is 0 Å². The van der Waals surface area contributed by atoms with Gasteiger partial charge in [0.25, 0.3) is 0 Å². The zero-order valence-corrected chi connectivity index (χ0v) is 20.0. The Kier molecular flexibility index (Phi) is 4.65. The highest BCUT2D eigenvalue weighted by Gasteiger charge is 2.37. The Bertz CT molecular complexity index is 1560. The summed E-state index contributed by atoms with van der Waals surface area (Å²) < 4.78 is 0. The molecule has 0 atom stereocenters. The number of anilines is 3. The molecule has 0 bridgehead atoms. The predicted molar refractivity (Wildman–Crippen MR) is 141 cm³/mol. The van der Waals surface area contributed by atoms with Gasteiger partial charge in [-0.25, -0.2) is 0 Å². The average Bonchev–Trinajstić information content (AvgIpc) is 3.09. The first-order chi connectivity index (χ1) is 16.9. The molecule has 2 aliphatic rings. The highest BCUT2D eigenvalue weighted by molar-refractivity contribution is 6.41. The molecule has 4 aromatic rings. The summed E-state index contributed by atoms with van der Waals surface area (Å²) in [6.07, 6.45) is 1.75. The number of ketones is 2. The third-order valence-corrected chi connectivity index (χ3v) is 7.23. The van der Waals surface area contributed by atoms with Gasteiger partial charge in [-0.3, -0.25) is 9.59 Å². The van der Waals surface area contributed by atoms with Crippen molar-refractivity contribution >= 4 is 34.7 Å². The van der Waals surface area contributed by atoms with E-state index in [-0.39, 0.29) is 22.6 Å². The molecular formula is C32H25NO2. The van der Waals surface area contributed by atoms with E-state index in [1.807, 2.05) is 37.3 Å². The van der Waals surface area contributed by atoms with Crippen molar-refractivity contribution < 1.29 is 9.59 Å². The maximum absolute atomic E-state index is 13.1. The fourth-order valence-corrected chi connectivity index (χ4v) is 5.40. The third-order valence-electron chi connectivity index (χ3n) is 7.23. The molecule has 0 amide bonds. The second kappa shape index (κ2) is 7.64. The van der Waals surface area contributed by atoms with Gasteiger partial charge in [0.15, 0.2) is 11.6 Å². The summed E-state index contributed by atoms with van der Waals surface area (Å²) >= 11 is 0. The Morgan fingerprint density at radius 2 is 1.37 bits per heavy atom. The minimum atomic E-state index is -0.254. The van der Waals surface area contributed by atoms with Crippen LogP contribution in [0.25, 0.3) is 6.08 Å². The standard InChI is InChI=1S/C32H25NO2/c1-20-13-15-23-24(17-20)31(35)25(30(23)34)18-21-14-16-29-27(19-21)32(2,3)26-11-7-8-12-28(26)33(29)22-9-5-4-6-10-22/h4-19H,1-3H3/b25-18-. The summed E-state index contributed by atoms with van der Waals surface area (Å²) in [6.45, 7) is 6.39. The van der Waals surface area contributed by atoms with Crippen molar-refractivity contribution in [3.63, 3.8) is 0 Å². The van der Waals surface area contributed by atoms with Gasteiger partial charge in [-0.1, -0.05) is 74.0 Å². The third kappa shape index (κ3) is 3.19. The van der Waals surface area contributed by atoms with E-state index >= 15 is 0 Å². The minimum absolute atomic E-state index is 0.193. The molecular weight excluding hydrogens is 430 g/mol. The van der Waals surface area contributed by atoms with Gasteiger partial charge in [-0.2, -0.15) is 0 Å². The van der Waals surface area contributed by atoms with E-state index in [9.17, 15) is 9.59 Å².